The molecule has 0 radical (unpaired) electrons. The van der Waals surface area contributed by atoms with Crippen LogP contribution in [0, 0.1) is 22.7 Å². The smallest absolute Gasteiger partial charge is 0.161 e. The Hall–Kier alpha value is -3.73. The lowest BCUT2D eigenvalue weighted by molar-refractivity contribution is 0.284. The van der Waals surface area contributed by atoms with Crippen LogP contribution in [0.2, 0.25) is 5.02 Å². The van der Waals surface area contributed by atoms with Gasteiger partial charge in [0.1, 0.15) is 6.61 Å². The minimum atomic E-state index is 0.248. The summed E-state index contributed by atoms with van der Waals surface area (Å²) in [7, 11) is 1.55. The number of ether oxygens (including phenoxy) is 2. The van der Waals surface area contributed by atoms with Crippen LogP contribution in [0.15, 0.2) is 66.7 Å². The lowest BCUT2D eigenvalue weighted by Gasteiger charge is -2.12. The second kappa shape index (κ2) is 9.46. The minimum Gasteiger partial charge on any atom is -0.493 e. The molecule has 0 saturated carbocycles. The summed E-state index contributed by atoms with van der Waals surface area (Å²) in [5, 5.41) is 19.3. The van der Waals surface area contributed by atoms with Gasteiger partial charge in [-0.25, -0.2) is 0 Å². The number of hydrogen-bond donors (Lipinski definition) is 0. The second-order valence-corrected chi connectivity index (χ2v) is 6.52. The zero-order valence-electron chi connectivity index (χ0n) is 15.7. The number of nitriles is 2. The molecule has 0 aliphatic heterocycles. The van der Waals surface area contributed by atoms with Crippen molar-refractivity contribution >= 4 is 23.3 Å². The third-order valence-electron chi connectivity index (χ3n) is 4.30. The lowest BCUT2D eigenvalue weighted by Crippen LogP contribution is -2.00. The molecule has 3 aromatic rings. The first-order valence-corrected chi connectivity index (χ1v) is 9.19. The maximum atomic E-state index is 9.55. The molecule has 0 bridgehead atoms. The maximum absolute atomic E-state index is 9.55. The van der Waals surface area contributed by atoms with Crippen molar-refractivity contribution in [2.24, 2.45) is 0 Å². The molecular formula is C24H17ClN2O2. The quantitative estimate of drug-likeness (QED) is 0.383. The molecule has 0 N–H and O–H groups in total. The number of halogens is 1. The van der Waals surface area contributed by atoms with E-state index < -0.39 is 0 Å². The number of benzene rings is 3. The van der Waals surface area contributed by atoms with Crippen LogP contribution >= 0.6 is 11.6 Å². The van der Waals surface area contributed by atoms with E-state index in [9.17, 15) is 10.5 Å². The zero-order valence-corrected chi connectivity index (χ0v) is 16.5. The van der Waals surface area contributed by atoms with E-state index in [0.29, 0.717) is 33.2 Å². The molecule has 0 spiro atoms. The third kappa shape index (κ3) is 4.76. The van der Waals surface area contributed by atoms with Crippen LogP contribution in [-0.2, 0) is 6.61 Å². The van der Waals surface area contributed by atoms with E-state index in [1.807, 2.05) is 36.4 Å². The molecular weight excluding hydrogens is 384 g/mol. The highest BCUT2D eigenvalue weighted by molar-refractivity contribution is 6.32. The molecule has 0 aliphatic carbocycles. The van der Waals surface area contributed by atoms with Crippen LogP contribution in [-0.4, -0.2) is 7.11 Å². The van der Waals surface area contributed by atoms with Crippen LogP contribution < -0.4 is 9.47 Å². The Bertz CT molecular complexity index is 1140. The number of hydrogen-bond acceptors (Lipinski definition) is 4. The molecule has 0 aliphatic rings. The summed E-state index contributed by atoms with van der Waals surface area (Å²) < 4.78 is 11.3. The zero-order chi connectivity index (χ0) is 20.6. The molecule has 142 valence electrons. The molecule has 0 aromatic heterocycles. The van der Waals surface area contributed by atoms with Gasteiger partial charge in [0.15, 0.2) is 11.5 Å². The van der Waals surface area contributed by atoms with Crippen LogP contribution in [0.4, 0.5) is 0 Å². The monoisotopic (exact) mass is 400 g/mol. The predicted octanol–water partition coefficient (Wildman–Crippen LogP) is 5.86. The van der Waals surface area contributed by atoms with Gasteiger partial charge in [-0.2, -0.15) is 10.5 Å². The summed E-state index contributed by atoms with van der Waals surface area (Å²) in [5.74, 6) is 1.08. The lowest BCUT2D eigenvalue weighted by atomic mass is 10.0. The van der Waals surface area contributed by atoms with Crippen molar-refractivity contribution in [1.29, 1.82) is 10.5 Å². The van der Waals surface area contributed by atoms with Gasteiger partial charge in [-0.3, -0.25) is 0 Å². The van der Waals surface area contributed by atoms with Crippen molar-refractivity contribution < 1.29 is 9.47 Å². The normalized spacial score (nSPS) is 10.7. The van der Waals surface area contributed by atoms with Crippen LogP contribution in [0.25, 0.3) is 11.6 Å². The average Bonchev–Trinajstić information content (AvgIpc) is 2.77. The first-order valence-electron chi connectivity index (χ1n) is 8.82. The Kier molecular flexibility index (Phi) is 6.53. The summed E-state index contributed by atoms with van der Waals surface area (Å²) in [6.45, 7) is 0.248. The van der Waals surface area contributed by atoms with Crippen molar-refractivity contribution in [3.63, 3.8) is 0 Å². The standard InChI is InChI=1S/C24H17ClN2O2/c1-28-24-13-17(12-20(15-27)21-8-4-5-9-22(21)25)10-11-23(24)29-16-19-7-3-2-6-18(19)14-26/h2-13H,16H2,1H3. The molecule has 3 rings (SSSR count). The Balaban J connectivity index is 1.86. The molecule has 29 heavy (non-hydrogen) atoms. The van der Waals surface area contributed by atoms with Gasteiger partial charge in [0.25, 0.3) is 0 Å². The fourth-order valence-electron chi connectivity index (χ4n) is 2.82. The minimum absolute atomic E-state index is 0.248. The van der Waals surface area contributed by atoms with Gasteiger partial charge in [-0.1, -0.05) is 54.1 Å². The van der Waals surface area contributed by atoms with Crippen LogP contribution in [0.1, 0.15) is 22.3 Å². The van der Waals surface area contributed by atoms with E-state index in [1.165, 1.54) is 0 Å². The van der Waals surface area contributed by atoms with Crippen molar-refractivity contribution in [3.8, 4) is 23.6 Å². The van der Waals surface area contributed by atoms with E-state index in [4.69, 9.17) is 21.1 Å². The Morgan fingerprint density at radius 2 is 1.76 bits per heavy atom. The Labute approximate surface area is 174 Å². The third-order valence-corrected chi connectivity index (χ3v) is 4.63. The van der Waals surface area contributed by atoms with Crippen molar-refractivity contribution in [2.45, 2.75) is 6.61 Å². The molecule has 3 aromatic carbocycles. The average molecular weight is 401 g/mol. The van der Waals surface area contributed by atoms with Gasteiger partial charge in [0, 0.05) is 16.1 Å². The van der Waals surface area contributed by atoms with Gasteiger partial charge in [-0.15, -0.1) is 0 Å². The molecule has 5 heteroatoms. The van der Waals surface area contributed by atoms with E-state index in [-0.39, 0.29) is 6.61 Å². The Morgan fingerprint density at radius 3 is 2.48 bits per heavy atom. The first kappa shape index (κ1) is 20.0. The highest BCUT2D eigenvalue weighted by Gasteiger charge is 2.10. The largest absolute Gasteiger partial charge is 0.493 e. The second-order valence-electron chi connectivity index (χ2n) is 6.12. The van der Waals surface area contributed by atoms with Gasteiger partial charge >= 0.3 is 0 Å². The van der Waals surface area contributed by atoms with Crippen LogP contribution in [0.3, 0.4) is 0 Å². The van der Waals surface area contributed by atoms with Gasteiger partial charge in [0.05, 0.1) is 30.4 Å². The summed E-state index contributed by atoms with van der Waals surface area (Å²) in [6, 6.07) is 24.2. The molecule has 0 saturated heterocycles. The summed E-state index contributed by atoms with van der Waals surface area (Å²) >= 11 is 6.21. The van der Waals surface area contributed by atoms with E-state index >= 15 is 0 Å². The van der Waals surface area contributed by atoms with Crippen molar-refractivity contribution in [1.82, 2.24) is 0 Å². The molecule has 4 nitrogen and oxygen atoms in total. The molecule has 0 amide bonds. The molecule has 0 unspecified atom stereocenters. The van der Waals surface area contributed by atoms with E-state index in [2.05, 4.69) is 12.1 Å². The number of nitrogens with zero attached hydrogens (tertiary/aromatic N) is 2. The topological polar surface area (TPSA) is 66.0 Å². The van der Waals surface area contributed by atoms with E-state index in [0.717, 1.165) is 11.1 Å². The van der Waals surface area contributed by atoms with Gasteiger partial charge in [-0.05, 0) is 35.9 Å². The SMILES string of the molecule is COc1cc(C=C(C#N)c2ccccc2Cl)ccc1OCc1ccccc1C#N. The first-order chi connectivity index (χ1) is 14.2. The summed E-state index contributed by atoms with van der Waals surface area (Å²) in [5.41, 5.74) is 3.28. The van der Waals surface area contributed by atoms with Crippen molar-refractivity contribution in [3.05, 3.63) is 94.0 Å². The summed E-state index contributed by atoms with van der Waals surface area (Å²) in [6.07, 6.45) is 1.75. The van der Waals surface area contributed by atoms with Crippen LogP contribution in [0.5, 0.6) is 11.5 Å². The maximum Gasteiger partial charge on any atom is 0.161 e. The van der Waals surface area contributed by atoms with Gasteiger partial charge < -0.3 is 9.47 Å². The predicted molar refractivity (Wildman–Crippen MR) is 113 cm³/mol. The van der Waals surface area contributed by atoms with E-state index in [1.54, 1.807) is 43.5 Å². The Morgan fingerprint density at radius 1 is 1.00 bits per heavy atom. The number of allylic oxidation sites excluding steroid dienone is 1. The molecule has 0 atom stereocenters. The highest BCUT2D eigenvalue weighted by Crippen LogP contribution is 2.31. The number of rotatable bonds is 6. The van der Waals surface area contributed by atoms with Crippen molar-refractivity contribution in [2.75, 3.05) is 7.11 Å². The number of methoxy groups -OCH3 is 1. The summed E-state index contributed by atoms with van der Waals surface area (Å²) in [4.78, 5) is 0. The molecule has 0 fully saturated rings. The highest BCUT2D eigenvalue weighted by atomic mass is 35.5. The fraction of sp³-hybridized carbons (Fsp3) is 0.0833. The molecule has 0 heterocycles. The fourth-order valence-corrected chi connectivity index (χ4v) is 3.06. The van der Waals surface area contributed by atoms with Gasteiger partial charge in [0.2, 0.25) is 0 Å².